The first kappa shape index (κ1) is 58.6. The summed E-state index contributed by atoms with van der Waals surface area (Å²) < 4.78 is 5.89. The Balaban J connectivity index is 4.67. The van der Waals surface area contributed by atoms with Gasteiger partial charge in [-0.3, -0.25) is 9.59 Å². The van der Waals surface area contributed by atoms with E-state index in [9.17, 15) is 19.8 Å². The summed E-state index contributed by atoms with van der Waals surface area (Å²) >= 11 is 0. The highest BCUT2D eigenvalue weighted by molar-refractivity contribution is 5.77. The molecule has 0 bridgehead atoms. The number of ether oxygens (including phenoxy) is 1. The minimum absolute atomic E-state index is 0.0359. The van der Waals surface area contributed by atoms with Gasteiger partial charge in [-0.05, 0) is 83.5 Å². The summed E-state index contributed by atoms with van der Waals surface area (Å²) in [7, 11) is 0. The molecule has 3 atom stereocenters. The first-order chi connectivity index (χ1) is 30.0. The van der Waals surface area contributed by atoms with Crippen molar-refractivity contribution >= 4 is 11.9 Å². The highest BCUT2D eigenvalue weighted by atomic mass is 16.5. The third-order valence-electron chi connectivity index (χ3n) is 11.6. The number of esters is 1. The number of carbonyl (C=O) groups excluding carboxylic acids is 2. The molecule has 3 unspecified atom stereocenters. The number of unbranched alkanes of at least 4 members (excludes halogenated alkanes) is 24. The third-order valence-corrected chi connectivity index (χ3v) is 11.6. The second-order valence-electron chi connectivity index (χ2n) is 17.6. The number of carbonyl (C=O) groups is 2. The minimum atomic E-state index is -0.804. The Morgan fingerprint density at radius 1 is 0.475 bits per heavy atom. The van der Waals surface area contributed by atoms with Crippen LogP contribution in [0.4, 0.5) is 0 Å². The van der Waals surface area contributed by atoms with E-state index < -0.39 is 18.2 Å². The predicted molar refractivity (Wildman–Crippen MR) is 264 cm³/mol. The van der Waals surface area contributed by atoms with Crippen molar-refractivity contribution in [1.82, 2.24) is 5.32 Å². The van der Waals surface area contributed by atoms with E-state index in [2.05, 4.69) is 86.8 Å². The SMILES string of the molecule is CCCC/C=C\CCCCCCCC(=O)OC(CCC/C=C\C/C=C\C/C=C\C/C=C\CCCCC)CC(=O)NC(CO)C(O)CCCCCCCCCCCCCCCC. The highest BCUT2D eigenvalue weighted by Gasteiger charge is 2.24. The Labute approximate surface area is 378 Å². The number of nitrogens with one attached hydrogen (secondary N) is 1. The molecule has 1 amide bonds. The van der Waals surface area contributed by atoms with Crippen LogP contribution < -0.4 is 5.32 Å². The fraction of sp³-hybridized carbons (Fsp3) is 0.782. The molecule has 6 nitrogen and oxygen atoms in total. The molecule has 0 aromatic carbocycles. The standard InChI is InChI=1S/C55H99NO5/c1-4-7-10-13-16-19-22-24-26-27-28-29-32-34-37-40-43-46-51(61-55(60)48-45-42-39-36-31-21-18-15-12-9-6-3)49-54(59)56-52(50-57)53(58)47-44-41-38-35-33-30-25-23-20-17-14-11-8-5-2/h15-16,18-19,24,26,28-29,34,37,51-53,57-58H,4-14,17,20-23,25,27,30-33,35-36,38-50H2,1-3H3,(H,56,59)/b18-15-,19-16-,26-24-,29-28-,37-34-. The molecule has 61 heavy (non-hydrogen) atoms. The molecule has 0 spiro atoms. The van der Waals surface area contributed by atoms with Crippen molar-refractivity contribution in [2.75, 3.05) is 6.61 Å². The van der Waals surface area contributed by atoms with E-state index in [1.165, 1.54) is 128 Å². The van der Waals surface area contributed by atoms with Crippen LogP contribution in [0.25, 0.3) is 0 Å². The highest BCUT2D eigenvalue weighted by Crippen LogP contribution is 2.17. The van der Waals surface area contributed by atoms with Crippen LogP contribution in [0.5, 0.6) is 0 Å². The smallest absolute Gasteiger partial charge is 0.306 e. The molecule has 0 saturated heterocycles. The second kappa shape index (κ2) is 48.6. The quantitative estimate of drug-likeness (QED) is 0.0322. The fourth-order valence-corrected chi connectivity index (χ4v) is 7.58. The molecule has 354 valence electrons. The van der Waals surface area contributed by atoms with Gasteiger partial charge in [-0.25, -0.2) is 0 Å². The van der Waals surface area contributed by atoms with E-state index in [1.54, 1.807) is 0 Å². The van der Waals surface area contributed by atoms with Crippen LogP contribution in [-0.4, -0.2) is 46.9 Å². The molecule has 0 aromatic heterocycles. The average molecular weight is 854 g/mol. The van der Waals surface area contributed by atoms with Crippen molar-refractivity contribution < 1.29 is 24.5 Å². The van der Waals surface area contributed by atoms with Gasteiger partial charge in [0.2, 0.25) is 5.91 Å². The molecule has 0 rings (SSSR count). The summed E-state index contributed by atoms with van der Waals surface area (Å²) in [6, 6.07) is -0.721. The summed E-state index contributed by atoms with van der Waals surface area (Å²) in [5, 5.41) is 23.8. The van der Waals surface area contributed by atoms with E-state index >= 15 is 0 Å². The molecule has 0 fully saturated rings. The van der Waals surface area contributed by atoms with Crippen LogP contribution in [0, 0.1) is 0 Å². The van der Waals surface area contributed by atoms with E-state index in [0.29, 0.717) is 19.3 Å². The zero-order valence-corrected chi connectivity index (χ0v) is 40.3. The summed E-state index contributed by atoms with van der Waals surface area (Å²) in [6.45, 7) is 6.40. The zero-order chi connectivity index (χ0) is 44.5. The lowest BCUT2D eigenvalue weighted by atomic mass is 10.0. The summed E-state index contributed by atoms with van der Waals surface area (Å²) in [5.41, 5.74) is 0. The number of hydrogen-bond acceptors (Lipinski definition) is 5. The molecular formula is C55H99NO5. The van der Waals surface area contributed by atoms with Gasteiger partial charge in [0, 0.05) is 6.42 Å². The van der Waals surface area contributed by atoms with Gasteiger partial charge < -0.3 is 20.3 Å². The Morgan fingerprint density at radius 3 is 1.39 bits per heavy atom. The van der Waals surface area contributed by atoms with Crippen LogP contribution in [0.1, 0.15) is 252 Å². The molecule has 6 heteroatoms. The maximum absolute atomic E-state index is 13.2. The lowest BCUT2D eigenvalue weighted by molar-refractivity contribution is -0.151. The van der Waals surface area contributed by atoms with Crippen molar-refractivity contribution in [2.45, 2.75) is 270 Å². The summed E-state index contributed by atoms with van der Waals surface area (Å²) in [6.07, 6.45) is 59.9. The van der Waals surface area contributed by atoms with Crippen LogP contribution >= 0.6 is 0 Å². The van der Waals surface area contributed by atoms with Crippen LogP contribution in [-0.2, 0) is 14.3 Å². The largest absolute Gasteiger partial charge is 0.462 e. The van der Waals surface area contributed by atoms with Gasteiger partial charge in [-0.1, -0.05) is 216 Å². The van der Waals surface area contributed by atoms with Crippen molar-refractivity contribution in [3.05, 3.63) is 60.8 Å². The number of hydrogen-bond donors (Lipinski definition) is 3. The van der Waals surface area contributed by atoms with Gasteiger partial charge in [0.1, 0.15) is 6.10 Å². The van der Waals surface area contributed by atoms with Crippen molar-refractivity contribution in [3.8, 4) is 0 Å². The van der Waals surface area contributed by atoms with Gasteiger partial charge >= 0.3 is 5.97 Å². The van der Waals surface area contributed by atoms with Gasteiger partial charge in [0.25, 0.3) is 0 Å². The number of aliphatic hydroxyl groups excluding tert-OH is 2. The predicted octanol–water partition coefficient (Wildman–Crippen LogP) is 15.6. The maximum Gasteiger partial charge on any atom is 0.306 e. The molecule has 0 aromatic rings. The van der Waals surface area contributed by atoms with E-state index in [1.807, 2.05) is 0 Å². The average Bonchev–Trinajstić information content (AvgIpc) is 3.25. The molecular weight excluding hydrogens is 755 g/mol. The van der Waals surface area contributed by atoms with Crippen LogP contribution in [0.3, 0.4) is 0 Å². The number of allylic oxidation sites excluding steroid dienone is 10. The molecule has 0 saturated carbocycles. The van der Waals surface area contributed by atoms with Gasteiger partial charge in [-0.2, -0.15) is 0 Å². The third kappa shape index (κ3) is 44.0. The maximum atomic E-state index is 13.2. The number of amides is 1. The van der Waals surface area contributed by atoms with Crippen molar-refractivity contribution in [3.63, 3.8) is 0 Å². The van der Waals surface area contributed by atoms with Gasteiger partial charge in [-0.15, -0.1) is 0 Å². The lowest BCUT2D eigenvalue weighted by Crippen LogP contribution is -2.46. The summed E-state index contributed by atoms with van der Waals surface area (Å²) in [5.74, 6) is -0.538. The first-order valence-electron chi connectivity index (χ1n) is 26.0. The Bertz CT molecular complexity index is 1090. The van der Waals surface area contributed by atoms with Gasteiger partial charge in [0.05, 0.1) is 25.2 Å². The topological polar surface area (TPSA) is 95.9 Å². The van der Waals surface area contributed by atoms with Gasteiger partial charge in [0.15, 0.2) is 0 Å². The monoisotopic (exact) mass is 854 g/mol. The molecule has 0 aliphatic carbocycles. The molecule has 0 heterocycles. The first-order valence-corrected chi connectivity index (χ1v) is 26.0. The van der Waals surface area contributed by atoms with Crippen molar-refractivity contribution in [2.24, 2.45) is 0 Å². The zero-order valence-electron chi connectivity index (χ0n) is 40.3. The summed E-state index contributed by atoms with van der Waals surface area (Å²) in [4.78, 5) is 26.1. The molecule has 0 aliphatic heterocycles. The Hall–Kier alpha value is -2.44. The minimum Gasteiger partial charge on any atom is -0.462 e. The lowest BCUT2D eigenvalue weighted by Gasteiger charge is -2.24. The van der Waals surface area contributed by atoms with Crippen LogP contribution in [0.15, 0.2) is 60.8 Å². The number of rotatable bonds is 46. The molecule has 0 aliphatic rings. The molecule has 3 N–H and O–H groups in total. The Kier molecular flexibility index (Phi) is 46.6. The second-order valence-corrected chi connectivity index (χ2v) is 17.6. The van der Waals surface area contributed by atoms with E-state index in [-0.39, 0.29) is 24.9 Å². The van der Waals surface area contributed by atoms with Crippen LogP contribution in [0.2, 0.25) is 0 Å². The normalized spacial score (nSPS) is 13.7. The molecule has 0 radical (unpaired) electrons. The Morgan fingerprint density at radius 2 is 0.869 bits per heavy atom. The van der Waals surface area contributed by atoms with E-state index in [4.69, 9.17) is 4.74 Å². The van der Waals surface area contributed by atoms with E-state index in [0.717, 1.165) is 77.0 Å². The van der Waals surface area contributed by atoms with Crippen molar-refractivity contribution in [1.29, 1.82) is 0 Å². The number of aliphatic hydroxyl groups is 2. The fourth-order valence-electron chi connectivity index (χ4n) is 7.58.